The van der Waals surface area contributed by atoms with Crippen LogP contribution in [0.3, 0.4) is 0 Å². The third-order valence-electron chi connectivity index (χ3n) is 4.02. The molecule has 2 N–H and O–H groups in total. The van der Waals surface area contributed by atoms with Crippen LogP contribution in [0.2, 0.25) is 0 Å². The average Bonchev–Trinajstić information content (AvgIpc) is 2.47. The first-order valence-corrected chi connectivity index (χ1v) is 9.11. The number of hydrogen-bond acceptors (Lipinski definition) is 4. The number of thioether (sulfide) groups is 1. The fourth-order valence-corrected chi connectivity index (χ4v) is 3.23. The van der Waals surface area contributed by atoms with Gasteiger partial charge in [0.25, 0.3) is 0 Å². The number of rotatable bonds is 10. The van der Waals surface area contributed by atoms with Gasteiger partial charge in [-0.1, -0.05) is 12.8 Å². The zero-order chi connectivity index (χ0) is 14.7. The van der Waals surface area contributed by atoms with Gasteiger partial charge in [-0.15, -0.1) is 0 Å². The maximum atomic E-state index is 12.4. The predicted octanol–water partition coefficient (Wildman–Crippen LogP) is 2.04. The van der Waals surface area contributed by atoms with E-state index in [1.165, 1.54) is 25.0 Å². The quantitative estimate of drug-likeness (QED) is 0.606. The fraction of sp³-hybridized carbons (Fsp3) is 0.933. The maximum Gasteiger partial charge on any atom is 0.228 e. The van der Waals surface area contributed by atoms with Crippen molar-refractivity contribution in [2.75, 3.05) is 45.4 Å². The van der Waals surface area contributed by atoms with E-state index >= 15 is 0 Å². The molecule has 1 rings (SSSR count). The fourth-order valence-electron chi connectivity index (χ4n) is 2.73. The summed E-state index contributed by atoms with van der Waals surface area (Å²) in [6.07, 6.45) is 8.74. The van der Waals surface area contributed by atoms with Crippen LogP contribution in [0.25, 0.3) is 0 Å². The second kappa shape index (κ2) is 10.5. The van der Waals surface area contributed by atoms with Crippen LogP contribution < -0.4 is 10.6 Å². The number of unbranched alkanes of at least 4 members (excludes halogenated alkanes) is 3. The van der Waals surface area contributed by atoms with Gasteiger partial charge in [-0.25, -0.2) is 0 Å². The van der Waals surface area contributed by atoms with Crippen LogP contribution >= 0.6 is 11.8 Å². The van der Waals surface area contributed by atoms with Gasteiger partial charge in [0.15, 0.2) is 0 Å². The van der Waals surface area contributed by atoms with Gasteiger partial charge in [0.1, 0.15) is 0 Å². The molecule has 20 heavy (non-hydrogen) atoms. The van der Waals surface area contributed by atoms with Gasteiger partial charge < -0.3 is 15.4 Å². The van der Waals surface area contributed by atoms with E-state index in [0.29, 0.717) is 6.61 Å². The van der Waals surface area contributed by atoms with E-state index in [1.54, 1.807) is 7.11 Å². The number of piperidine rings is 1. The van der Waals surface area contributed by atoms with Gasteiger partial charge in [-0.3, -0.25) is 4.79 Å². The highest BCUT2D eigenvalue weighted by atomic mass is 32.2. The lowest BCUT2D eigenvalue weighted by atomic mass is 9.78. The summed E-state index contributed by atoms with van der Waals surface area (Å²) in [5, 5.41) is 6.43. The summed E-state index contributed by atoms with van der Waals surface area (Å²) in [7, 11) is 1.68. The summed E-state index contributed by atoms with van der Waals surface area (Å²) in [6, 6.07) is 0. The number of ether oxygens (including phenoxy) is 1. The lowest BCUT2D eigenvalue weighted by Crippen LogP contribution is -2.50. The summed E-state index contributed by atoms with van der Waals surface area (Å²) in [6.45, 7) is 3.15. The first kappa shape index (κ1) is 17.8. The second-order valence-electron chi connectivity index (χ2n) is 5.63. The van der Waals surface area contributed by atoms with E-state index in [4.69, 9.17) is 4.74 Å². The SMILES string of the molecule is COCC1(C(=O)NCCCCCCSC)CCNCC1. The first-order valence-electron chi connectivity index (χ1n) is 7.72. The van der Waals surface area contributed by atoms with Gasteiger partial charge in [0, 0.05) is 13.7 Å². The van der Waals surface area contributed by atoms with Gasteiger partial charge in [-0.05, 0) is 50.8 Å². The van der Waals surface area contributed by atoms with Crippen LogP contribution in [0.1, 0.15) is 38.5 Å². The van der Waals surface area contributed by atoms with Crippen molar-refractivity contribution in [1.29, 1.82) is 0 Å². The minimum atomic E-state index is -0.307. The van der Waals surface area contributed by atoms with E-state index in [0.717, 1.165) is 38.9 Å². The Morgan fingerprint density at radius 3 is 2.60 bits per heavy atom. The third-order valence-corrected chi connectivity index (χ3v) is 4.72. The lowest BCUT2D eigenvalue weighted by molar-refractivity contribution is -0.136. The monoisotopic (exact) mass is 302 g/mol. The summed E-state index contributed by atoms with van der Waals surface area (Å²) < 4.78 is 5.29. The van der Waals surface area contributed by atoms with Crippen LogP contribution in [0.5, 0.6) is 0 Å². The van der Waals surface area contributed by atoms with Crippen LogP contribution in [0, 0.1) is 5.41 Å². The van der Waals surface area contributed by atoms with Gasteiger partial charge in [0.2, 0.25) is 5.91 Å². The summed E-state index contributed by atoms with van der Waals surface area (Å²) in [5.74, 6) is 1.43. The van der Waals surface area contributed by atoms with Crippen molar-refractivity contribution in [3.05, 3.63) is 0 Å². The summed E-state index contributed by atoms with van der Waals surface area (Å²) >= 11 is 1.90. The Hall–Kier alpha value is -0.260. The molecule has 1 heterocycles. The van der Waals surface area contributed by atoms with E-state index in [-0.39, 0.29) is 11.3 Å². The van der Waals surface area contributed by atoms with E-state index in [2.05, 4.69) is 16.9 Å². The Bertz CT molecular complexity index is 263. The zero-order valence-corrected chi connectivity index (χ0v) is 13.8. The Morgan fingerprint density at radius 2 is 1.95 bits per heavy atom. The normalized spacial score (nSPS) is 17.9. The zero-order valence-electron chi connectivity index (χ0n) is 13.0. The van der Waals surface area contributed by atoms with Crippen molar-refractivity contribution in [3.8, 4) is 0 Å². The molecular formula is C15H30N2O2S. The Balaban J connectivity index is 2.21. The Labute approximate surface area is 127 Å². The van der Waals surface area contributed by atoms with Crippen LogP contribution in [-0.4, -0.2) is 51.3 Å². The number of hydrogen-bond donors (Lipinski definition) is 2. The Kier molecular flexibility index (Phi) is 9.31. The molecule has 1 amide bonds. The maximum absolute atomic E-state index is 12.4. The first-order chi connectivity index (χ1) is 9.75. The number of nitrogens with one attached hydrogen (secondary N) is 2. The van der Waals surface area contributed by atoms with Crippen LogP contribution in [-0.2, 0) is 9.53 Å². The molecule has 4 nitrogen and oxygen atoms in total. The molecule has 0 aromatic heterocycles. The molecule has 1 saturated heterocycles. The molecule has 1 aliphatic heterocycles. The Morgan fingerprint density at radius 1 is 1.25 bits per heavy atom. The molecule has 0 bridgehead atoms. The number of carbonyl (C=O) groups excluding carboxylic acids is 1. The van der Waals surface area contributed by atoms with E-state index < -0.39 is 0 Å². The molecule has 5 heteroatoms. The molecule has 1 aliphatic rings. The summed E-state index contributed by atoms with van der Waals surface area (Å²) in [4.78, 5) is 12.4. The molecule has 0 aliphatic carbocycles. The molecular weight excluding hydrogens is 272 g/mol. The molecule has 0 radical (unpaired) electrons. The van der Waals surface area contributed by atoms with Crippen molar-refractivity contribution in [2.24, 2.45) is 5.41 Å². The van der Waals surface area contributed by atoms with E-state index in [9.17, 15) is 4.79 Å². The predicted molar refractivity (Wildman–Crippen MR) is 86.3 cm³/mol. The van der Waals surface area contributed by atoms with E-state index in [1.807, 2.05) is 11.8 Å². The smallest absolute Gasteiger partial charge is 0.228 e. The highest BCUT2D eigenvalue weighted by molar-refractivity contribution is 7.98. The number of amides is 1. The largest absolute Gasteiger partial charge is 0.384 e. The standard InChI is InChI=1S/C15H30N2O2S/c1-19-13-15(7-10-16-11-8-15)14(18)17-9-5-3-4-6-12-20-2/h16H,3-13H2,1-2H3,(H,17,18). The van der Waals surface area contributed by atoms with Gasteiger partial charge in [-0.2, -0.15) is 11.8 Å². The topological polar surface area (TPSA) is 50.4 Å². The molecule has 118 valence electrons. The van der Waals surface area contributed by atoms with Crippen LogP contribution in [0.15, 0.2) is 0 Å². The van der Waals surface area contributed by atoms with Crippen molar-refractivity contribution < 1.29 is 9.53 Å². The van der Waals surface area contributed by atoms with Crippen molar-refractivity contribution in [2.45, 2.75) is 38.5 Å². The van der Waals surface area contributed by atoms with Crippen molar-refractivity contribution >= 4 is 17.7 Å². The number of carbonyl (C=O) groups is 1. The highest BCUT2D eigenvalue weighted by Crippen LogP contribution is 2.29. The highest BCUT2D eigenvalue weighted by Gasteiger charge is 2.39. The molecule has 0 aromatic carbocycles. The molecule has 0 unspecified atom stereocenters. The molecule has 1 fully saturated rings. The van der Waals surface area contributed by atoms with Crippen LogP contribution in [0.4, 0.5) is 0 Å². The third kappa shape index (κ3) is 6.02. The van der Waals surface area contributed by atoms with Gasteiger partial charge >= 0.3 is 0 Å². The molecule has 0 saturated carbocycles. The van der Waals surface area contributed by atoms with Crippen molar-refractivity contribution in [3.63, 3.8) is 0 Å². The summed E-state index contributed by atoms with van der Waals surface area (Å²) in [5.41, 5.74) is -0.307. The molecule has 0 atom stereocenters. The second-order valence-corrected chi connectivity index (χ2v) is 6.61. The molecule has 0 aromatic rings. The minimum absolute atomic E-state index is 0.185. The van der Waals surface area contributed by atoms with Crippen molar-refractivity contribution in [1.82, 2.24) is 10.6 Å². The lowest BCUT2D eigenvalue weighted by Gasteiger charge is -2.35. The number of methoxy groups -OCH3 is 1. The van der Waals surface area contributed by atoms with Gasteiger partial charge in [0.05, 0.1) is 12.0 Å². The minimum Gasteiger partial charge on any atom is -0.384 e. The average molecular weight is 302 g/mol. The molecule has 0 spiro atoms.